The molecule has 5 aromatic carbocycles. The molecule has 0 aliphatic heterocycles. The predicted molar refractivity (Wildman–Crippen MR) is 209 cm³/mol. The van der Waals surface area contributed by atoms with Crippen molar-refractivity contribution in [2.75, 3.05) is 0 Å². The summed E-state index contributed by atoms with van der Waals surface area (Å²) in [6.07, 6.45) is 1.78. The molecule has 0 aliphatic rings. The summed E-state index contributed by atoms with van der Waals surface area (Å²) in [6, 6.07) is 39.6. The molecule has 0 unspecified atom stereocenters. The minimum absolute atomic E-state index is 0. The van der Waals surface area contributed by atoms with E-state index in [9.17, 15) is 10.4 Å². The Morgan fingerprint density at radius 2 is 1.47 bits per heavy atom. The molecule has 1 N–H and O–H groups in total. The zero-order valence-corrected chi connectivity index (χ0v) is 32.7. The van der Waals surface area contributed by atoms with Crippen molar-refractivity contribution < 1.29 is 26.2 Å². The molecule has 7 aromatic rings. The molecule has 0 atom stereocenters. The number of para-hydroxylation sites is 1. The van der Waals surface area contributed by atoms with Gasteiger partial charge >= 0.3 is 21.1 Å². The number of nitrogens with zero attached hydrogens (tertiary/aromatic N) is 5. The van der Waals surface area contributed by atoms with E-state index in [1.165, 1.54) is 0 Å². The second-order valence-corrected chi connectivity index (χ2v) is 15.0. The van der Waals surface area contributed by atoms with Gasteiger partial charge in [-0.2, -0.15) is 5.26 Å². The summed E-state index contributed by atoms with van der Waals surface area (Å²) in [5.74, 6) is 0.376. The Labute approximate surface area is 325 Å². The Bertz CT molecular complexity index is 2560. The van der Waals surface area contributed by atoms with Gasteiger partial charge in [0.15, 0.2) is 5.69 Å². The Hall–Kier alpha value is -5.81. The van der Waals surface area contributed by atoms with Crippen molar-refractivity contribution in [2.45, 2.75) is 52.4 Å². The maximum Gasteiger partial charge on any atom is 2.00 e. The van der Waals surface area contributed by atoms with Crippen molar-refractivity contribution in [1.29, 1.82) is 5.26 Å². The van der Waals surface area contributed by atoms with Crippen molar-refractivity contribution in [1.82, 2.24) is 15.0 Å². The van der Waals surface area contributed by atoms with Crippen LogP contribution < -0.4 is 4.98 Å². The van der Waals surface area contributed by atoms with Crippen LogP contribution in [0.4, 0.5) is 5.69 Å². The van der Waals surface area contributed by atoms with Gasteiger partial charge in [0.2, 0.25) is 0 Å². The molecular weight excluding hydrogens is 834 g/mol. The molecule has 7 rings (SSSR count). The van der Waals surface area contributed by atoms with Crippen LogP contribution in [0.25, 0.3) is 71.9 Å². The largest absolute Gasteiger partial charge is 2.00 e. The third-order valence-electron chi connectivity index (χ3n) is 9.30. The maximum atomic E-state index is 11.8. The van der Waals surface area contributed by atoms with Crippen LogP contribution in [0.3, 0.4) is 0 Å². The van der Waals surface area contributed by atoms with E-state index >= 15 is 0 Å². The van der Waals surface area contributed by atoms with Crippen LogP contribution in [0.2, 0.25) is 0 Å². The number of hydrogen-bond donors (Lipinski definition) is 1. The molecule has 0 radical (unpaired) electrons. The van der Waals surface area contributed by atoms with Crippen molar-refractivity contribution in [3.63, 3.8) is 0 Å². The molecule has 262 valence electrons. The van der Waals surface area contributed by atoms with Gasteiger partial charge in [-0.15, -0.1) is 17.7 Å². The number of imidazole rings is 1. The minimum atomic E-state index is -0.517. The van der Waals surface area contributed by atoms with Crippen LogP contribution >= 0.6 is 0 Å². The number of fused-ring (bicyclic) bond motifs is 1. The summed E-state index contributed by atoms with van der Waals surface area (Å²) >= 11 is 0. The zero-order valence-electron chi connectivity index (χ0n) is 30.4. The quantitative estimate of drug-likeness (QED) is 0.174. The maximum absolute atomic E-state index is 11.8. The number of hydrogen-bond acceptors (Lipinski definition) is 4. The van der Waals surface area contributed by atoms with Gasteiger partial charge in [0.25, 0.3) is 0 Å². The first-order chi connectivity index (χ1) is 24.9. The molecular formula is C46H37N5OPt. The van der Waals surface area contributed by atoms with Gasteiger partial charge < -0.3 is 15.1 Å². The molecule has 0 saturated carbocycles. The standard InChI is InChI=1S/C46H37N5O.Pt/c1-45(2,3)36-26-35(43(52)40(42(36)48-7)46(4,5)6)44-50-37-20-14-19-33(41(37)51-44)34-24-31(23-32(27-47)39(34)29-17-12-9-13-18-29)38-25-30(21-22-49-38)28-15-10-8-11-16-28;/h8-23,25-26H,1-6H3,(H-,50,51,52);/q-2;+2. The van der Waals surface area contributed by atoms with E-state index in [0.29, 0.717) is 56.1 Å². The Kier molecular flexibility index (Phi) is 9.98. The minimum Gasteiger partial charge on any atom is -0.508 e. The first kappa shape index (κ1) is 37.0. The summed E-state index contributed by atoms with van der Waals surface area (Å²) in [6.45, 7) is 20.3. The second-order valence-electron chi connectivity index (χ2n) is 15.0. The van der Waals surface area contributed by atoms with Crippen LogP contribution in [0.1, 0.15) is 58.2 Å². The van der Waals surface area contributed by atoms with Crippen LogP contribution in [0.15, 0.2) is 109 Å². The molecule has 53 heavy (non-hydrogen) atoms. The van der Waals surface area contributed by atoms with Gasteiger partial charge in [-0.25, -0.2) is 4.85 Å². The summed E-state index contributed by atoms with van der Waals surface area (Å²) in [4.78, 5) is 18.7. The van der Waals surface area contributed by atoms with E-state index in [-0.39, 0.29) is 32.2 Å². The first-order valence-corrected chi connectivity index (χ1v) is 17.2. The number of phenolic OH excluding ortho intramolecular Hbond substituents is 1. The van der Waals surface area contributed by atoms with Gasteiger partial charge in [-0.3, -0.25) is 4.98 Å². The summed E-state index contributed by atoms with van der Waals surface area (Å²) < 4.78 is 0. The first-order valence-electron chi connectivity index (χ1n) is 17.2. The molecule has 6 nitrogen and oxygen atoms in total. The topological polar surface area (TPSA) is 88.3 Å². The summed E-state index contributed by atoms with van der Waals surface area (Å²) in [5, 5.41) is 22.5. The van der Waals surface area contributed by atoms with Crippen molar-refractivity contribution in [3.05, 3.63) is 143 Å². The van der Waals surface area contributed by atoms with E-state index in [2.05, 4.69) is 49.9 Å². The molecule has 0 spiro atoms. The molecule has 0 bridgehead atoms. The molecule has 2 heterocycles. The fourth-order valence-corrected chi connectivity index (χ4v) is 6.84. The molecule has 0 amide bonds. The average molecular weight is 871 g/mol. The van der Waals surface area contributed by atoms with E-state index in [0.717, 1.165) is 33.4 Å². The van der Waals surface area contributed by atoms with Crippen molar-refractivity contribution in [3.8, 4) is 67.8 Å². The SMILES string of the molecule is [C-]#[N+]c1c(C(C)(C)C)cc(-c2nc3cccc(-c4[c-]c(-c5cc(-c6ccccc6)ccn5)cc(C#N)c4-c4ccccc4)c3[n-]2)c(O)c1C(C)(C)C.[Pt+2]. The summed E-state index contributed by atoms with van der Waals surface area (Å²) in [7, 11) is 0. The number of rotatable bonds is 5. The van der Waals surface area contributed by atoms with Crippen LogP contribution in [0.5, 0.6) is 5.75 Å². The van der Waals surface area contributed by atoms with Crippen molar-refractivity contribution in [2.24, 2.45) is 0 Å². The molecule has 0 aliphatic carbocycles. The van der Waals surface area contributed by atoms with Gasteiger partial charge in [0.05, 0.1) is 12.6 Å². The normalized spacial score (nSPS) is 11.5. The van der Waals surface area contributed by atoms with Gasteiger partial charge in [0, 0.05) is 23.0 Å². The van der Waals surface area contributed by atoms with Gasteiger partial charge in [0.1, 0.15) is 5.75 Å². The molecule has 2 aromatic heterocycles. The van der Waals surface area contributed by atoms with Crippen molar-refractivity contribution >= 4 is 16.7 Å². The zero-order chi connectivity index (χ0) is 36.8. The number of nitriles is 1. The Balaban J connectivity index is 0.00000481. The predicted octanol–water partition coefficient (Wildman–Crippen LogP) is 11.4. The molecule has 7 heteroatoms. The fourth-order valence-electron chi connectivity index (χ4n) is 6.84. The van der Waals surface area contributed by atoms with Gasteiger partial charge in [-0.05, 0) is 50.5 Å². The third-order valence-corrected chi connectivity index (χ3v) is 9.30. The Morgan fingerprint density at radius 1 is 0.792 bits per heavy atom. The van der Waals surface area contributed by atoms with Crippen LogP contribution in [0, 0.1) is 24.0 Å². The van der Waals surface area contributed by atoms with E-state index < -0.39 is 5.41 Å². The number of aromatic hydroxyl groups is 1. The van der Waals surface area contributed by atoms with E-state index in [1.54, 1.807) is 6.20 Å². The Morgan fingerprint density at radius 3 is 2.09 bits per heavy atom. The second kappa shape index (κ2) is 14.3. The fraction of sp³-hybridized carbons (Fsp3) is 0.174. The van der Waals surface area contributed by atoms with E-state index in [1.807, 2.05) is 112 Å². The molecule has 0 fully saturated rings. The van der Waals surface area contributed by atoms with Crippen LogP contribution in [-0.4, -0.2) is 15.1 Å². The smallest absolute Gasteiger partial charge is 0.508 e. The molecule has 0 saturated heterocycles. The number of pyridine rings is 1. The number of aromatic nitrogens is 3. The summed E-state index contributed by atoms with van der Waals surface area (Å²) in [5.41, 5.74) is 9.67. The van der Waals surface area contributed by atoms with E-state index in [4.69, 9.17) is 21.5 Å². The van der Waals surface area contributed by atoms with Gasteiger partial charge in [-0.1, -0.05) is 160 Å². The number of phenols is 1. The third kappa shape index (κ3) is 6.92. The number of benzene rings is 5. The van der Waals surface area contributed by atoms with Crippen LogP contribution in [-0.2, 0) is 31.9 Å². The average Bonchev–Trinajstić information content (AvgIpc) is 3.58. The monoisotopic (exact) mass is 870 g/mol.